The van der Waals surface area contributed by atoms with Gasteiger partial charge in [0, 0.05) is 0 Å². The molecule has 0 aliphatic carbocycles. The fourth-order valence-electron chi connectivity index (χ4n) is 1.14. The van der Waals surface area contributed by atoms with Crippen molar-refractivity contribution in [1.82, 2.24) is 4.98 Å². The van der Waals surface area contributed by atoms with Gasteiger partial charge in [0.2, 0.25) is 0 Å². The van der Waals surface area contributed by atoms with Crippen LogP contribution in [0.1, 0.15) is 34.9 Å². The molecule has 0 amide bonds. The molecule has 0 aliphatic rings. The van der Waals surface area contributed by atoms with Crippen LogP contribution >= 0.6 is 11.3 Å². The molecular formula is C12H15NO4S. The number of aromatic nitrogens is 1. The zero-order valence-electron chi connectivity index (χ0n) is 10.3. The lowest BCUT2D eigenvalue weighted by Gasteiger charge is -1.96. The highest BCUT2D eigenvalue weighted by atomic mass is 32.1. The maximum absolute atomic E-state index is 11.4. The van der Waals surface area contributed by atoms with Gasteiger partial charge in [-0.2, -0.15) is 0 Å². The summed E-state index contributed by atoms with van der Waals surface area (Å²) in [5.74, 6) is -0.657. The maximum Gasteiger partial charge on any atom is 0.349 e. The lowest BCUT2D eigenvalue weighted by atomic mass is 10.4. The van der Waals surface area contributed by atoms with Gasteiger partial charge >= 0.3 is 11.9 Å². The lowest BCUT2D eigenvalue weighted by Crippen LogP contribution is -2.01. The molecule has 1 heterocycles. The first-order valence-electron chi connectivity index (χ1n) is 5.62. The molecule has 0 N–H and O–H groups in total. The van der Waals surface area contributed by atoms with Crippen molar-refractivity contribution < 1.29 is 19.1 Å². The first-order valence-corrected chi connectivity index (χ1v) is 6.44. The Hall–Kier alpha value is -1.69. The first-order chi connectivity index (χ1) is 8.67. The van der Waals surface area contributed by atoms with Gasteiger partial charge in [0.15, 0.2) is 0 Å². The van der Waals surface area contributed by atoms with Crippen LogP contribution in [0.4, 0.5) is 0 Å². The molecule has 0 unspecified atom stereocenters. The standard InChI is InChI=1S/C12H15NO4S/c1-3-16-11(14)7-5-6-10-13-8-9(18-10)12(15)17-4-2/h5-6,8H,3-4,7H2,1-2H3. The van der Waals surface area contributed by atoms with Crippen LogP contribution in [0.3, 0.4) is 0 Å². The van der Waals surface area contributed by atoms with Crippen molar-refractivity contribution in [3.05, 3.63) is 22.2 Å². The van der Waals surface area contributed by atoms with Crippen LogP contribution in [-0.4, -0.2) is 30.1 Å². The van der Waals surface area contributed by atoms with E-state index in [0.29, 0.717) is 23.1 Å². The van der Waals surface area contributed by atoms with Gasteiger partial charge in [-0.1, -0.05) is 6.08 Å². The van der Waals surface area contributed by atoms with Crippen LogP contribution < -0.4 is 0 Å². The molecule has 0 radical (unpaired) electrons. The van der Waals surface area contributed by atoms with Crippen LogP contribution in [0.2, 0.25) is 0 Å². The maximum atomic E-state index is 11.4. The molecule has 5 nitrogen and oxygen atoms in total. The molecule has 0 atom stereocenters. The molecule has 0 spiro atoms. The SMILES string of the molecule is CCOC(=O)CC=Cc1ncc(C(=O)OCC)s1. The number of carbonyl (C=O) groups excluding carboxylic acids is 2. The van der Waals surface area contributed by atoms with Gasteiger partial charge in [0.25, 0.3) is 0 Å². The molecule has 0 saturated heterocycles. The van der Waals surface area contributed by atoms with Gasteiger partial charge in [-0.05, 0) is 19.9 Å². The summed E-state index contributed by atoms with van der Waals surface area (Å²) < 4.78 is 9.62. The van der Waals surface area contributed by atoms with Crippen molar-refractivity contribution in [2.45, 2.75) is 20.3 Å². The average Bonchev–Trinajstić information content (AvgIpc) is 2.78. The minimum absolute atomic E-state index is 0.197. The Kier molecular flexibility index (Phi) is 6.07. The predicted molar refractivity (Wildman–Crippen MR) is 68.4 cm³/mol. The van der Waals surface area contributed by atoms with E-state index in [0.717, 1.165) is 0 Å². The molecule has 98 valence electrons. The minimum Gasteiger partial charge on any atom is -0.466 e. The van der Waals surface area contributed by atoms with E-state index in [1.807, 2.05) is 0 Å². The Morgan fingerprint density at radius 2 is 2.06 bits per heavy atom. The van der Waals surface area contributed by atoms with Gasteiger partial charge in [0.05, 0.1) is 25.8 Å². The summed E-state index contributed by atoms with van der Waals surface area (Å²) in [5, 5.41) is 0.655. The number of carbonyl (C=O) groups is 2. The fraction of sp³-hybridized carbons (Fsp3) is 0.417. The molecule has 0 bridgehead atoms. The quantitative estimate of drug-likeness (QED) is 0.741. The highest BCUT2D eigenvalue weighted by molar-refractivity contribution is 7.14. The summed E-state index contributed by atoms with van der Waals surface area (Å²) in [6.45, 7) is 4.22. The van der Waals surface area contributed by atoms with E-state index in [2.05, 4.69) is 4.98 Å². The molecule has 1 rings (SSSR count). The zero-order chi connectivity index (χ0) is 13.4. The van der Waals surface area contributed by atoms with Gasteiger partial charge in [0.1, 0.15) is 9.88 Å². The fourth-order valence-corrected chi connectivity index (χ4v) is 1.88. The summed E-state index contributed by atoms with van der Waals surface area (Å²) in [4.78, 5) is 26.9. The summed E-state index contributed by atoms with van der Waals surface area (Å²) in [5.41, 5.74) is 0. The van der Waals surface area contributed by atoms with Crippen LogP contribution in [0, 0.1) is 0 Å². The van der Waals surface area contributed by atoms with Crippen LogP contribution in [-0.2, 0) is 14.3 Å². The monoisotopic (exact) mass is 269 g/mol. The van der Waals surface area contributed by atoms with E-state index in [4.69, 9.17) is 9.47 Å². The number of rotatable bonds is 6. The molecule has 0 fully saturated rings. The second kappa shape index (κ2) is 7.60. The molecule has 0 aliphatic heterocycles. The average molecular weight is 269 g/mol. The number of esters is 2. The summed E-state index contributed by atoms with van der Waals surface area (Å²) in [6, 6.07) is 0. The Bertz CT molecular complexity index is 439. The molecule has 18 heavy (non-hydrogen) atoms. The van der Waals surface area contributed by atoms with Crippen molar-refractivity contribution in [2.24, 2.45) is 0 Å². The van der Waals surface area contributed by atoms with E-state index in [9.17, 15) is 9.59 Å². The summed E-state index contributed by atoms with van der Waals surface area (Å²) in [7, 11) is 0. The second-order valence-corrected chi connectivity index (χ2v) is 4.26. The van der Waals surface area contributed by atoms with E-state index >= 15 is 0 Å². The van der Waals surface area contributed by atoms with Gasteiger partial charge in [-0.15, -0.1) is 11.3 Å². The highest BCUT2D eigenvalue weighted by Gasteiger charge is 2.09. The smallest absolute Gasteiger partial charge is 0.349 e. The highest BCUT2D eigenvalue weighted by Crippen LogP contribution is 2.15. The van der Waals surface area contributed by atoms with E-state index < -0.39 is 0 Å². The van der Waals surface area contributed by atoms with Gasteiger partial charge in [-0.25, -0.2) is 9.78 Å². The van der Waals surface area contributed by atoms with E-state index in [-0.39, 0.29) is 18.4 Å². The van der Waals surface area contributed by atoms with E-state index in [1.165, 1.54) is 17.5 Å². The van der Waals surface area contributed by atoms with Crippen molar-refractivity contribution >= 4 is 29.4 Å². The molecule has 1 aromatic heterocycles. The molecule has 0 saturated carbocycles. The molecule has 0 aromatic carbocycles. The van der Waals surface area contributed by atoms with Crippen molar-refractivity contribution in [1.29, 1.82) is 0 Å². The summed E-state index contributed by atoms with van der Waals surface area (Å²) >= 11 is 1.22. The number of ether oxygens (including phenoxy) is 2. The Morgan fingerprint density at radius 1 is 1.33 bits per heavy atom. The largest absolute Gasteiger partial charge is 0.466 e. The lowest BCUT2D eigenvalue weighted by molar-refractivity contribution is -0.142. The molecule has 1 aromatic rings. The van der Waals surface area contributed by atoms with Gasteiger partial charge in [-0.3, -0.25) is 4.79 Å². The molecular weight excluding hydrogens is 254 g/mol. The Morgan fingerprint density at radius 3 is 2.72 bits per heavy atom. The normalized spacial score (nSPS) is 10.6. The third-order valence-corrected chi connectivity index (χ3v) is 2.79. The van der Waals surface area contributed by atoms with Crippen molar-refractivity contribution in [2.75, 3.05) is 13.2 Å². The zero-order valence-corrected chi connectivity index (χ0v) is 11.2. The first kappa shape index (κ1) is 14.4. The second-order valence-electron chi connectivity index (χ2n) is 3.19. The van der Waals surface area contributed by atoms with Crippen LogP contribution in [0.15, 0.2) is 12.3 Å². The third-order valence-electron chi connectivity index (χ3n) is 1.85. The van der Waals surface area contributed by atoms with Crippen LogP contribution in [0.5, 0.6) is 0 Å². The number of nitrogens with zero attached hydrogens (tertiary/aromatic N) is 1. The topological polar surface area (TPSA) is 65.5 Å². The Balaban J connectivity index is 2.51. The predicted octanol–water partition coefficient (Wildman–Crippen LogP) is 2.29. The van der Waals surface area contributed by atoms with Crippen molar-refractivity contribution in [3.8, 4) is 0 Å². The number of thiazole rings is 1. The van der Waals surface area contributed by atoms with Crippen LogP contribution in [0.25, 0.3) is 6.08 Å². The third kappa shape index (κ3) is 4.67. The van der Waals surface area contributed by atoms with E-state index in [1.54, 1.807) is 26.0 Å². The van der Waals surface area contributed by atoms with Gasteiger partial charge < -0.3 is 9.47 Å². The van der Waals surface area contributed by atoms with Crippen molar-refractivity contribution in [3.63, 3.8) is 0 Å². The minimum atomic E-state index is -0.375. The Labute approximate surface area is 109 Å². The number of hydrogen-bond acceptors (Lipinski definition) is 6. The molecule has 6 heteroatoms. The number of hydrogen-bond donors (Lipinski definition) is 0. The summed E-state index contributed by atoms with van der Waals surface area (Å²) in [6.07, 6.45) is 5.00.